The van der Waals surface area contributed by atoms with Gasteiger partial charge in [-0.15, -0.1) is 0 Å². The Morgan fingerprint density at radius 1 is 1.03 bits per heavy atom. The number of benzene rings is 2. The summed E-state index contributed by atoms with van der Waals surface area (Å²) in [6.07, 6.45) is -0.184. The van der Waals surface area contributed by atoms with Gasteiger partial charge in [-0.3, -0.25) is 4.79 Å². The molecule has 4 rings (SSSR count). The van der Waals surface area contributed by atoms with Gasteiger partial charge in [-0.25, -0.2) is 18.7 Å². The molecule has 1 amide bonds. The highest BCUT2D eigenvalue weighted by molar-refractivity contribution is 5.92. The molecule has 2 heterocycles. The predicted octanol–water partition coefficient (Wildman–Crippen LogP) is 3.82. The number of morpholine rings is 1. The zero-order valence-electron chi connectivity index (χ0n) is 17.6. The maximum Gasteiger partial charge on any atom is 0.228 e. The molecule has 166 valence electrons. The van der Waals surface area contributed by atoms with Crippen LogP contribution in [0.5, 0.6) is 0 Å². The van der Waals surface area contributed by atoms with E-state index < -0.39 is 17.5 Å². The predicted molar refractivity (Wildman–Crippen MR) is 118 cm³/mol. The lowest BCUT2D eigenvalue weighted by Crippen LogP contribution is -2.36. The lowest BCUT2D eigenvalue weighted by atomic mass is 10.1. The van der Waals surface area contributed by atoms with E-state index in [1.54, 1.807) is 24.3 Å². The van der Waals surface area contributed by atoms with E-state index in [1.807, 2.05) is 13.0 Å². The van der Waals surface area contributed by atoms with Gasteiger partial charge in [-0.2, -0.15) is 0 Å². The number of aryl methyl sites for hydroxylation is 1. The second-order valence-electron chi connectivity index (χ2n) is 7.42. The Kier molecular flexibility index (Phi) is 6.55. The summed E-state index contributed by atoms with van der Waals surface area (Å²) in [5.41, 5.74) is 1.49. The Morgan fingerprint density at radius 3 is 2.47 bits per heavy atom. The quantitative estimate of drug-likeness (QED) is 0.608. The molecule has 3 aromatic rings. The summed E-state index contributed by atoms with van der Waals surface area (Å²) in [5.74, 6) is 0.371. The number of amides is 1. The first-order chi connectivity index (χ1) is 15.5. The van der Waals surface area contributed by atoms with Crippen LogP contribution in [-0.2, 0) is 16.0 Å². The zero-order valence-corrected chi connectivity index (χ0v) is 17.6. The first-order valence-corrected chi connectivity index (χ1v) is 10.3. The van der Waals surface area contributed by atoms with Crippen molar-refractivity contribution in [2.24, 2.45) is 0 Å². The Labute approximate surface area is 184 Å². The van der Waals surface area contributed by atoms with E-state index in [0.29, 0.717) is 30.5 Å². The number of halogens is 2. The summed E-state index contributed by atoms with van der Waals surface area (Å²) >= 11 is 0. The molecule has 2 N–H and O–H groups in total. The Morgan fingerprint density at radius 2 is 1.75 bits per heavy atom. The van der Waals surface area contributed by atoms with Gasteiger partial charge < -0.3 is 20.3 Å². The summed E-state index contributed by atoms with van der Waals surface area (Å²) in [4.78, 5) is 23.3. The molecule has 0 radical (unpaired) electrons. The number of carbonyl (C=O) groups is 1. The van der Waals surface area contributed by atoms with E-state index in [2.05, 4.69) is 25.5 Å². The number of nitrogens with zero attached hydrogens (tertiary/aromatic N) is 3. The van der Waals surface area contributed by atoms with E-state index in [1.165, 1.54) is 6.07 Å². The molecular formula is C23H23F2N5O2. The van der Waals surface area contributed by atoms with Gasteiger partial charge in [-0.05, 0) is 42.8 Å². The molecule has 0 saturated carbocycles. The van der Waals surface area contributed by atoms with E-state index >= 15 is 0 Å². The highest BCUT2D eigenvalue weighted by Gasteiger charge is 2.14. The topological polar surface area (TPSA) is 79.4 Å². The molecule has 0 unspecified atom stereocenters. The lowest BCUT2D eigenvalue weighted by Gasteiger charge is -2.28. The summed E-state index contributed by atoms with van der Waals surface area (Å²) in [5, 5.41) is 5.96. The van der Waals surface area contributed by atoms with Gasteiger partial charge in [0.15, 0.2) is 0 Å². The number of carbonyl (C=O) groups excluding carboxylic acids is 1. The molecule has 0 atom stereocenters. The van der Waals surface area contributed by atoms with Gasteiger partial charge in [0.25, 0.3) is 0 Å². The standard InChI is InChI=1S/C23H23F2N5O2/c1-15-26-21(14-22(27-15)30-8-10-32-11-9-30)28-18-4-6-19(7-5-18)29-23(31)12-16-2-3-17(24)13-20(16)25/h2-7,13-14H,8-12H2,1H3,(H,29,31)(H,26,27,28). The van der Waals surface area contributed by atoms with Gasteiger partial charge in [0.2, 0.25) is 5.91 Å². The Hall–Kier alpha value is -3.59. The fraction of sp³-hybridized carbons (Fsp3) is 0.261. The first-order valence-electron chi connectivity index (χ1n) is 10.3. The van der Waals surface area contributed by atoms with Crippen LogP contribution in [0.25, 0.3) is 0 Å². The average molecular weight is 439 g/mol. The highest BCUT2D eigenvalue weighted by atomic mass is 19.1. The number of anilines is 4. The lowest BCUT2D eigenvalue weighted by molar-refractivity contribution is -0.115. The number of hydrogen-bond donors (Lipinski definition) is 2. The fourth-order valence-electron chi connectivity index (χ4n) is 3.40. The fourth-order valence-corrected chi connectivity index (χ4v) is 3.40. The first kappa shape index (κ1) is 21.6. The van der Waals surface area contributed by atoms with Gasteiger partial charge in [0.1, 0.15) is 29.1 Å². The van der Waals surface area contributed by atoms with Gasteiger partial charge in [0, 0.05) is 36.6 Å². The van der Waals surface area contributed by atoms with Crippen LogP contribution in [0.3, 0.4) is 0 Å². The van der Waals surface area contributed by atoms with Crippen LogP contribution in [0.4, 0.5) is 31.8 Å². The van der Waals surface area contributed by atoms with Crippen LogP contribution >= 0.6 is 0 Å². The maximum absolute atomic E-state index is 13.7. The summed E-state index contributed by atoms with van der Waals surface area (Å²) in [7, 11) is 0. The van der Waals surface area contributed by atoms with Crippen LogP contribution < -0.4 is 15.5 Å². The Balaban J connectivity index is 1.38. The molecule has 1 fully saturated rings. The van der Waals surface area contributed by atoms with Crippen molar-refractivity contribution in [2.45, 2.75) is 13.3 Å². The zero-order chi connectivity index (χ0) is 22.5. The minimum atomic E-state index is -0.740. The van der Waals surface area contributed by atoms with Gasteiger partial charge in [-0.1, -0.05) is 6.07 Å². The number of rotatable bonds is 6. The molecule has 0 aliphatic carbocycles. The van der Waals surface area contributed by atoms with Crippen molar-refractivity contribution in [1.29, 1.82) is 0 Å². The Bertz CT molecular complexity index is 1100. The van der Waals surface area contributed by atoms with Crippen molar-refractivity contribution in [1.82, 2.24) is 9.97 Å². The molecule has 0 bridgehead atoms. The monoisotopic (exact) mass is 439 g/mol. The molecule has 1 aliphatic heterocycles. The van der Waals surface area contributed by atoms with E-state index in [-0.39, 0.29) is 12.0 Å². The largest absolute Gasteiger partial charge is 0.378 e. The molecule has 1 aliphatic rings. The third-order valence-electron chi connectivity index (χ3n) is 4.97. The van der Waals surface area contributed by atoms with Crippen molar-refractivity contribution in [3.63, 3.8) is 0 Å². The third-order valence-corrected chi connectivity index (χ3v) is 4.97. The second kappa shape index (κ2) is 9.69. The van der Waals surface area contributed by atoms with Crippen molar-refractivity contribution in [3.8, 4) is 0 Å². The normalized spacial score (nSPS) is 13.7. The average Bonchev–Trinajstić information content (AvgIpc) is 2.77. The van der Waals surface area contributed by atoms with Crippen molar-refractivity contribution in [3.05, 3.63) is 71.6 Å². The van der Waals surface area contributed by atoms with Crippen LogP contribution in [0.15, 0.2) is 48.5 Å². The van der Waals surface area contributed by atoms with Gasteiger partial charge in [0.05, 0.1) is 19.6 Å². The second-order valence-corrected chi connectivity index (χ2v) is 7.42. The SMILES string of the molecule is Cc1nc(Nc2ccc(NC(=O)Cc3ccc(F)cc3F)cc2)cc(N2CCOCC2)n1. The van der Waals surface area contributed by atoms with Crippen LogP contribution in [0.1, 0.15) is 11.4 Å². The molecule has 2 aromatic carbocycles. The third kappa shape index (κ3) is 5.55. The summed E-state index contributed by atoms with van der Waals surface area (Å²) in [6.45, 7) is 4.76. The molecule has 32 heavy (non-hydrogen) atoms. The molecule has 0 spiro atoms. The van der Waals surface area contributed by atoms with Crippen LogP contribution in [0, 0.1) is 18.6 Å². The van der Waals surface area contributed by atoms with Crippen molar-refractivity contribution in [2.75, 3.05) is 41.8 Å². The number of ether oxygens (including phenoxy) is 1. The smallest absolute Gasteiger partial charge is 0.228 e. The molecule has 9 heteroatoms. The maximum atomic E-state index is 13.7. The van der Waals surface area contributed by atoms with Crippen molar-refractivity contribution < 1.29 is 18.3 Å². The number of aromatic nitrogens is 2. The summed E-state index contributed by atoms with van der Waals surface area (Å²) in [6, 6.07) is 12.1. The number of hydrogen-bond acceptors (Lipinski definition) is 6. The highest BCUT2D eigenvalue weighted by Crippen LogP contribution is 2.22. The van der Waals surface area contributed by atoms with E-state index in [9.17, 15) is 13.6 Å². The van der Waals surface area contributed by atoms with Gasteiger partial charge >= 0.3 is 0 Å². The van der Waals surface area contributed by atoms with E-state index in [4.69, 9.17) is 4.74 Å². The molecular weight excluding hydrogens is 416 g/mol. The number of nitrogens with one attached hydrogen (secondary N) is 2. The molecule has 7 nitrogen and oxygen atoms in total. The minimum Gasteiger partial charge on any atom is -0.378 e. The van der Waals surface area contributed by atoms with E-state index in [0.717, 1.165) is 36.7 Å². The molecule has 1 saturated heterocycles. The van der Waals surface area contributed by atoms with Crippen molar-refractivity contribution >= 4 is 28.9 Å². The molecule has 1 aromatic heterocycles. The summed E-state index contributed by atoms with van der Waals surface area (Å²) < 4.78 is 32.1. The van der Waals surface area contributed by atoms with Crippen LogP contribution in [-0.4, -0.2) is 42.2 Å². The minimum absolute atomic E-state index is 0.136. The van der Waals surface area contributed by atoms with Crippen LogP contribution in [0.2, 0.25) is 0 Å².